The van der Waals surface area contributed by atoms with E-state index in [1.165, 1.54) is 0 Å². The average molecular weight is 413 g/mol. The quantitative estimate of drug-likeness (QED) is 0.396. The number of carbonyl (C=O) groups is 1. The topological polar surface area (TPSA) is 53.2 Å². The van der Waals surface area contributed by atoms with E-state index in [0.29, 0.717) is 31.4 Å². The van der Waals surface area contributed by atoms with E-state index in [9.17, 15) is 31.1 Å². The van der Waals surface area contributed by atoms with Crippen LogP contribution in [0.15, 0.2) is 18.2 Å². The second kappa shape index (κ2) is 8.32. The number of benzene rings is 1. The molecule has 0 radical (unpaired) electrons. The molecule has 2 atom stereocenters. The largest absolute Gasteiger partial charge is 0.416 e. The third-order valence-corrected chi connectivity index (χ3v) is 4.43. The maximum atomic E-state index is 12.9. The zero-order valence-corrected chi connectivity index (χ0v) is 14.7. The summed E-state index contributed by atoms with van der Waals surface area (Å²) in [6.07, 6.45) is -6.22. The van der Waals surface area contributed by atoms with Gasteiger partial charge in [0.1, 0.15) is 0 Å². The lowest BCUT2D eigenvalue weighted by Gasteiger charge is -2.32. The summed E-state index contributed by atoms with van der Waals surface area (Å²) < 4.78 is 77.4. The predicted octanol–water partition coefficient (Wildman–Crippen LogP) is 4.07. The van der Waals surface area contributed by atoms with Gasteiger partial charge in [-0.05, 0) is 43.3 Å². The SMILES string of the molecule is O=CN[C@@H]1CCCC[C@H]1NC(=S)Nc1cc(C(F)(F)F)cc(C(F)(F)F)c1. The summed E-state index contributed by atoms with van der Waals surface area (Å²) in [5.74, 6) is 0. The second-order valence-electron chi connectivity index (χ2n) is 6.17. The minimum absolute atomic E-state index is 0.0484. The summed E-state index contributed by atoms with van der Waals surface area (Å²) in [5, 5.41) is 7.75. The Kier molecular flexibility index (Phi) is 6.55. The van der Waals surface area contributed by atoms with Crippen LogP contribution in [0.3, 0.4) is 0 Å². The Bertz CT molecular complexity index is 659. The molecule has 3 N–H and O–H groups in total. The Labute approximate surface area is 156 Å². The summed E-state index contributed by atoms with van der Waals surface area (Å²) >= 11 is 5.03. The predicted molar refractivity (Wildman–Crippen MR) is 91.0 cm³/mol. The van der Waals surface area contributed by atoms with Crippen molar-refractivity contribution in [3.8, 4) is 0 Å². The van der Waals surface area contributed by atoms with Crippen LogP contribution in [0, 0.1) is 0 Å². The van der Waals surface area contributed by atoms with Gasteiger partial charge < -0.3 is 16.0 Å². The standard InChI is InChI=1S/C16H17F6N3OS/c17-15(18,19)9-5-10(16(20,21)22)7-11(6-9)24-14(27)25-13-4-2-1-3-12(13)23-8-26/h5-8,12-13H,1-4H2,(H,23,26)(H2,24,25,27)/t12-,13-/m1/s1. The average Bonchev–Trinajstić information content (AvgIpc) is 2.55. The molecular formula is C16H17F6N3OS. The molecule has 27 heavy (non-hydrogen) atoms. The fourth-order valence-corrected chi connectivity index (χ4v) is 3.22. The Morgan fingerprint density at radius 2 is 1.48 bits per heavy atom. The van der Waals surface area contributed by atoms with E-state index in [1.54, 1.807) is 0 Å². The highest BCUT2D eigenvalue weighted by molar-refractivity contribution is 7.80. The molecule has 0 heterocycles. The van der Waals surface area contributed by atoms with Crippen LogP contribution in [0.25, 0.3) is 0 Å². The normalized spacial score (nSPS) is 20.7. The lowest BCUT2D eigenvalue weighted by molar-refractivity contribution is -0.143. The molecule has 1 saturated carbocycles. The van der Waals surface area contributed by atoms with Crippen molar-refractivity contribution in [1.82, 2.24) is 10.6 Å². The van der Waals surface area contributed by atoms with Gasteiger partial charge in [0.25, 0.3) is 0 Å². The van der Waals surface area contributed by atoms with Crippen molar-refractivity contribution < 1.29 is 31.1 Å². The molecule has 1 aliphatic carbocycles. The van der Waals surface area contributed by atoms with Crippen molar-refractivity contribution in [2.45, 2.75) is 50.1 Å². The molecule has 2 rings (SSSR count). The van der Waals surface area contributed by atoms with E-state index < -0.39 is 29.2 Å². The first kappa shape index (κ1) is 21.3. The van der Waals surface area contributed by atoms with Crippen LogP contribution in [-0.4, -0.2) is 23.6 Å². The van der Waals surface area contributed by atoms with Crippen molar-refractivity contribution in [3.63, 3.8) is 0 Å². The molecule has 1 aromatic carbocycles. The smallest absolute Gasteiger partial charge is 0.358 e. The van der Waals surface area contributed by atoms with Gasteiger partial charge in [-0.2, -0.15) is 26.3 Å². The van der Waals surface area contributed by atoms with Crippen LogP contribution >= 0.6 is 12.2 Å². The Morgan fingerprint density at radius 3 is 1.96 bits per heavy atom. The van der Waals surface area contributed by atoms with Crippen molar-refractivity contribution >= 4 is 29.4 Å². The molecule has 1 aliphatic rings. The number of halogens is 6. The fourth-order valence-electron chi connectivity index (χ4n) is 2.95. The third kappa shape index (κ3) is 5.98. The summed E-state index contributed by atoms with van der Waals surface area (Å²) in [4.78, 5) is 10.7. The summed E-state index contributed by atoms with van der Waals surface area (Å²) in [6.45, 7) is 0. The Balaban J connectivity index is 2.17. The first-order valence-electron chi connectivity index (χ1n) is 8.07. The van der Waals surface area contributed by atoms with Gasteiger partial charge in [0.15, 0.2) is 5.11 Å². The number of hydrogen-bond donors (Lipinski definition) is 3. The molecule has 1 amide bonds. The molecule has 0 saturated heterocycles. The van der Waals surface area contributed by atoms with Crippen LogP contribution in [0.1, 0.15) is 36.8 Å². The molecule has 0 spiro atoms. The maximum Gasteiger partial charge on any atom is 0.416 e. The molecule has 0 unspecified atom stereocenters. The monoisotopic (exact) mass is 413 g/mol. The third-order valence-electron chi connectivity index (χ3n) is 4.21. The highest BCUT2D eigenvalue weighted by Gasteiger charge is 2.37. The van der Waals surface area contributed by atoms with Crippen molar-refractivity contribution in [1.29, 1.82) is 0 Å². The van der Waals surface area contributed by atoms with E-state index in [4.69, 9.17) is 12.2 Å². The molecule has 11 heteroatoms. The summed E-state index contributed by atoms with van der Waals surface area (Å²) in [6, 6.07) is 0.684. The minimum atomic E-state index is -4.94. The summed E-state index contributed by atoms with van der Waals surface area (Å²) in [7, 11) is 0. The zero-order chi connectivity index (χ0) is 20.2. The number of amides is 1. The van der Waals surface area contributed by atoms with Crippen molar-refractivity contribution in [2.24, 2.45) is 0 Å². The molecule has 1 fully saturated rings. The van der Waals surface area contributed by atoms with Gasteiger partial charge in [0, 0.05) is 17.8 Å². The zero-order valence-electron chi connectivity index (χ0n) is 13.9. The molecule has 1 aromatic rings. The van der Waals surface area contributed by atoms with E-state index in [0.717, 1.165) is 12.8 Å². The minimum Gasteiger partial charge on any atom is -0.358 e. The Morgan fingerprint density at radius 1 is 0.963 bits per heavy atom. The van der Waals surface area contributed by atoms with Gasteiger partial charge in [-0.3, -0.25) is 4.79 Å². The van der Waals surface area contributed by atoms with Crippen molar-refractivity contribution in [2.75, 3.05) is 5.32 Å². The van der Waals surface area contributed by atoms with Gasteiger partial charge in [0.05, 0.1) is 11.1 Å². The highest BCUT2D eigenvalue weighted by Crippen LogP contribution is 2.37. The number of thiocarbonyl (C=S) groups is 1. The number of carbonyl (C=O) groups excluding carboxylic acids is 1. The first-order chi connectivity index (χ1) is 12.5. The fraction of sp³-hybridized carbons (Fsp3) is 0.500. The van der Waals surface area contributed by atoms with E-state index in [2.05, 4.69) is 16.0 Å². The van der Waals surface area contributed by atoms with Gasteiger partial charge >= 0.3 is 12.4 Å². The van der Waals surface area contributed by atoms with Crippen LogP contribution in [0.2, 0.25) is 0 Å². The number of hydrogen-bond acceptors (Lipinski definition) is 2. The lowest BCUT2D eigenvalue weighted by atomic mass is 9.90. The van der Waals surface area contributed by atoms with Crippen LogP contribution in [-0.2, 0) is 17.1 Å². The van der Waals surface area contributed by atoms with E-state index in [-0.39, 0.29) is 23.3 Å². The lowest BCUT2D eigenvalue weighted by Crippen LogP contribution is -2.52. The molecule has 150 valence electrons. The number of rotatable bonds is 4. The van der Waals surface area contributed by atoms with Gasteiger partial charge in [-0.15, -0.1) is 0 Å². The molecule has 0 aliphatic heterocycles. The molecule has 0 aromatic heterocycles. The van der Waals surface area contributed by atoms with Crippen LogP contribution in [0.4, 0.5) is 32.0 Å². The van der Waals surface area contributed by atoms with E-state index >= 15 is 0 Å². The number of nitrogens with one attached hydrogen (secondary N) is 3. The molecule has 4 nitrogen and oxygen atoms in total. The molecule has 0 bridgehead atoms. The molecular weight excluding hydrogens is 396 g/mol. The van der Waals surface area contributed by atoms with Gasteiger partial charge in [-0.1, -0.05) is 12.8 Å². The number of anilines is 1. The second-order valence-corrected chi connectivity index (χ2v) is 6.58. The van der Waals surface area contributed by atoms with E-state index in [1.807, 2.05) is 0 Å². The summed E-state index contributed by atoms with van der Waals surface area (Å²) in [5.41, 5.74) is -3.29. The van der Waals surface area contributed by atoms with Gasteiger partial charge in [0.2, 0.25) is 6.41 Å². The first-order valence-corrected chi connectivity index (χ1v) is 8.48. The Hall–Kier alpha value is -2.04. The van der Waals surface area contributed by atoms with Crippen LogP contribution in [0.5, 0.6) is 0 Å². The van der Waals surface area contributed by atoms with Crippen LogP contribution < -0.4 is 16.0 Å². The maximum absolute atomic E-state index is 12.9. The van der Waals surface area contributed by atoms with Gasteiger partial charge in [-0.25, -0.2) is 0 Å². The number of alkyl halides is 6. The van der Waals surface area contributed by atoms with Crippen molar-refractivity contribution in [3.05, 3.63) is 29.3 Å². The highest BCUT2D eigenvalue weighted by atomic mass is 32.1.